The van der Waals surface area contributed by atoms with Crippen LogP contribution in [0.4, 0.5) is 9.59 Å². The molecular weight excluding hydrogens is 618 g/mol. The Kier molecular flexibility index (Phi) is 10.8. The molecule has 3 aliphatic heterocycles. The summed E-state index contributed by atoms with van der Waals surface area (Å²) in [7, 11) is 0. The van der Waals surface area contributed by atoms with Gasteiger partial charge in [-0.25, -0.2) is 9.59 Å². The van der Waals surface area contributed by atoms with Crippen LogP contribution in [0.25, 0.3) is 0 Å². The Balaban J connectivity index is 1.32. The zero-order chi connectivity index (χ0) is 35.0. The lowest BCUT2D eigenvalue weighted by Crippen LogP contribution is -2.60. The molecule has 0 aromatic heterocycles. The van der Waals surface area contributed by atoms with Crippen LogP contribution in [-0.4, -0.2) is 106 Å². The van der Waals surface area contributed by atoms with E-state index in [0.717, 1.165) is 44.9 Å². The first-order valence-corrected chi connectivity index (χ1v) is 17.9. The van der Waals surface area contributed by atoms with Gasteiger partial charge in [-0.2, -0.15) is 0 Å². The fraction of sp³-hybridized carbons (Fsp3) is 0.829. The zero-order valence-corrected chi connectivity index (χ0v) is 29.5. The summed E-state index contributed by atoms with van der Waals surface area (Å²) < 4.78 is 11.8. The Bertz CT molecular complexity index is 1270. The SMILES string of the molecule is CC(=O)C(=O)C(CC1CC1)NC(=O)[C@@H]1[C@H]2CC(C)(C)O[C@H]2CN1C(=O)[C@@H](NC(=O)N[C@H]1CCN(C(=O)OC(C)(C)C)C1)C1CCCCC1. The van der Waals surface area contributed by atoms with Crippen molar-refractivity contribution in [1.82, 2.24) is 25.8 Å². The molecule has 13 nitrogen and oxygen atoms in total. The van der Waals surface area contributed by atoms with Crippen LogP contribution in [-0.2, 0) is 28.7 Å². The maximum atomic E-state index is 14.6. The van der Waals surface area contributed by atoms with E-state index in [1.54, 1.807) is 30.6 Å². The molecule has 0 aromatic carbocycles. The zero-order valence-electron chi connectivity index (χ0n) is 29.5. The second-order valence-electron chi connectivity index (χ2n) is 16.3. The van der Waals surface area contributed by atoms with Gasteiger partial charge in [0.1, 0.15) is 17.7 Å². The van der Waals surface area contributed by atoms with Crippen molar-refractivity contribution in [2.24, 2.45) is 17.8 Å². The largest absolute Gasteiger partial charge is 0.444 e. The fourth-order valence-corrected chi connectivity index (χ4v) is 8.02. The highest BCUT2D eigenvalue weighted by Gasteiger charge is 2.56. The minimum Gasteiger partial charge on any atom is -0.444 e. The maximum absolute atomic E-state index is 14.6. The molecule has 0 bridgehead atoms. The first-order valence-electron chi connectivity index (χ1n) is 17.9. The van der Waals surface area contributed by atoms with Crippen LogP contribution < -0.4 is 16.0 Å². The molecule has 268 valence electrons. The van der Waals surface area contributed by atoms with Crippen LogP contribution in [0.5, 0.6) is 0 Å². The number of rotatable bonds is 10. The summed E-state index contributed by atoms with van der Waals surface area (Å²) in [4.78, 5) is 82.7. The van der Waals surface area contributed by atoms with Crippen LogP contribution in [0, 0.1) is 17.8 Å². The number of amides is 5. The van der Waals surface area contributed by atoms with Crippen molar-refractivity contribution < 1.29 is 38.2 Å². The van der Waals surface area contributed by atoms with Crippen molar-refractivity contribution in [1.29, 1.82) is 0 Å². The number of urea groups is 1. The molecule has 5 fully saturated rings. The molecule has 3 saturated heterocycles. The molecule has 2 saturated carbocycles. The number of hydrogen-bond acceptors (Lipinski definition) is 8. The van der Waals surface area contributed by atoms with Crippen LogP contribution in [0.2, 0.25) is 0 Å². The van der Waals surface area contributed by atoms with Gasteiger partial charge in [0, 0.05) is 38.5 Å². The molecule has 0 aromatic rings. The highest BCUT2D eigenvalue weighted by Crippen LogP contribution is 2.44. The van der Waals surface area contributed by atoms with E-state index in [1.807, 2.05) is 13.8 Å². The highest BCUT2D eigenvalue weighted by molar-refractivity contribution is 6.38. The van der Waals surface area contributed by atoms with E-state index < -0.39 is 58.9 Å². The summed E-state index contributed by atoms with van der Waals surface area (Å²) in [5.41, 5.74) is -1.11. The van der Waals surface area contributed by atoms with Crippen molar-refractivity contribution in [3.63, 3.8) is 0 Å². The molecule has 2 aliphatic carbocycles. The molecule has 5 rings (SSSR count). The van der Waals surface area contributed by atoms with Crippen LogP contribution >= 0.6 is 0 Å². The molecule has 5 amide bonds. The molecule has 6 atom stereocenters. The Morgan fingerprint density at radius 2 is 1.62 bits per heavy atom. The summed E-state index contributed by atoms with van der Waals surface area (Å²) in [5, 5.41) is 8.80. The van der Waals surface area contributed by atoms with E-state index in [-0.39, 0.29) is 42.4 Å². The molecular formula is C35H55N5O8. The van der Waals surface area contributed by atoms with Crippen molar-refractivity contribution >= 4 is 35.5 Å². The van der Waals surface area contributed by atoms with Gasteiger partial charge in [0.05, 0.1) is 17.7 Å². The number of carbonyl (C=O) groups excluding carboxylic acids is 6. The predicted molar refractivity (Wildman–Crippen MR) is 176 cm³/mol. The van der Waals surface area contributed by atoms with Gasteiger partial charge in [0.2, 0.25) is 17.6 Å². The topological polar surface area (TPSA) is 163 Å². The third kappa shape index (κ3) is 8.87. The van der Waals surface area contributed by atoms with Gasteiger partial charge in [-0.1, -0.05) is 32.1 Å². The number of carbonyl (C=O) groups is 6. The van der Waals surface area contributed by atoms with Crippen LogP contribution in [0.1, 0.15) is 106 Å². The molecule has 0 radical (unpaired) electrons. The van der Waals surface area contributed by atoms with Crippen molar-refractivity contribution in [3.8, 4) is 0 Å². The summed E-state index contributed by atoms with van der Waals surface area (Å²) in [6, 6.07) is -3.50. The molecule has 13 heteroatoms. The second-order valence-corrected chi connectivity index (χ2v) is 16.3. The number of fused-ring (bicyclic) bond motifs is 1. The molecule has 3 heterocycles. The third-order valence-electron chi connectivity index (χ3n) is 10.4. The normalized spacial score (nSPS) is 28.3. The van der Waals surface area contributed by atoms with E-state index >= 15 is 0 Å². The summed E-state index contributed by atoms with van der Waals surface area (Å²) in [5.74, 6) is -2.15. The van der Waals surface area contributed by atoms with E-state index in [4.69, 9.17) is 9.47 Å². The average Bonchev–Trinajstić information content (AvgIpc) is 3.44. The lowest BCUT2D eigenvalue weighted by Gasteiger charge is -2.36. The average molecular weight is 674 g/mol. The Labute approximate surface area is 283 Å². The van der Waals surface area contributed by atoms with Gasteiger partial charge in [-0.3, -0.25) is 19.2 Å². The third-order valence-corrected chi connectivity index (χ3v) is 10.4. The van der Waals surface area contributed by atoms with Crippen molar-refractivity contribution in [3.05, 3.63) is 0 Å². The number of ether oxygens (including phenoxy) is 2. The first kappa shape index (κ1) is 36.1. The van der Waals surface area contributed by atoms with Crippen molar-refractivity contribution in [2.75, 3.05) is 19.6 Å². The van der Waals surface area contributed by atoms with Gasteiger partial charge in [0.15, 0.2) is 5.78 Å². The molecule has 0 spiro atoms. The lowest BCUT2D eigenvalue weighted by molar-refractivity contribution is -0.144. The number of nitrogens with one attached hydrogen (secondary N) is 3. The number of hydrogen-bond donors (Lipinski definition) is 3. The van der Waals surface area contributed by atoms with Crippen molar-refractivity contribution in [2.45, 2.75) is 147 Å². The Hall–Kier alpha value is -3.22. The maximum Gasteiger partial charge on any atom is 0.410 e. The van der Waals surface area contributed by atoms with Gasteiger partial charge < -0.3 is 35.2 Å². The number of ketones is 2. The van der Waals surface area contributed by atoms with Gasteiger partial charge in [0.25, 0.3) is 0 Å². The predicted octanol–water partition coefficient (Wildman–Crippen LogP) is 3.08. The Morgan fingerprint density at radius 3 is 2.25 bits per heavy atom. The smallest absolute Gasteiger partial charge is 0.410 e. The fourth-order valence-electron chi connectivity index (χ4n) is 8.02. The number of likely N-dealkylation sites (tertiary alicyclic amines) is 2. The van der Waals surface area contributed by atoms with Gasteiger partial charge in [-0.05, 0) is 78.6 Å². The highest BCUT2D eigenvalue weighted by atomic mass is 16.6. The van der Waals surface area contributed by atoms with Gasteiger partial charge in [-0.15, -0.1) is 0 Å². The van der Waals surface area contributed by atoms with Crippen LogP contribution in [0.15, 0.2) is 0 Å². The minimum absolute atomic E-state index is 0.109. The van der Waals surface area contributed by atoms with E-state index in [0.29, 0.717) is 32.4 Å². The summed E-state index contributed by atoms with van der Waals surface area (Å²) in [6.07, 6.45) is 7.08. The lowest BCUT2D eigenvalue weighted by atomic mass is 9.83. The van der Waals surface area contributed by atoms with Crippen LogP contribution in [0.3, 0.4) is 0 Å². The second kappa shape index (κ2) is 14.3. The molecule has 1 unspecified atom stereocenters. The standard InChI is InChI=1S/C35H55N5O8/c1-20(41)29(42)25(16-21-12-13-21)37-30(43)28-24-17-35(5,6)47-26(24)19-40(28)31(44)27(22-10-8-7-9-11-22)38-32(45)36-23-14-15-39(18-23)33(46)48-34(2,3)4/h21-28H,7-19H2,1-6H3,(H,37,43)(H2,36,38,45)/t23-,24-,25?,26-,27-,28-/m0/s1. The minimum atomic E-state index is -0.932. The van der Waals surface area contributed by atoms with E-state index in [2.05, 4.69) is 16.0 Å². The number of Topliss-reactive ketones (excluding diaryl/α,β-unsaturated/α-hetero) is 2. The monoisotopic (exact) mass is 673 g/mol. The summed E-state index contributed by atoms with van der Waals surface area (Å²) >= 11 is 0. The van der Waals surface area contributed by atoms with E-state index in [1.165, 1.54) is 6.92 Å². The Morgan fingerprint density at radius 1 is 0.938 bits per heavy atom. The van der Waals surface area contributed by atoms with Gasteiger partial charge >= 0.3 is 12.1 Å². The molecule has 48 heavy (non-hydrogen) atoms. The molecule has 5 aliphatic rings. The number of nitrogens with zero attached hydrogens (tertiary/aromatic N) is 2. The molecule has 3 N–H and O–H groups in total. The van der Waals surface area contributed by atoms with E-state index in [9.17, 15) is 28.8 Å². The first-order chi connectivity index (χ1) is 22.5. The summed E-state index contributed by atoms with van der Waals surface area (Å²) in [6.45, 7) is 11.5. The quantitative estimate of drug-likeness (QED) is 0.298.